The van der Waals surface area contributed by atoms with Gasteiger partial charge in [0.25, 0.3) is 5.69 Å². The molecule has 0 spiro atoms. The van der Waals surface area contributed by atoms with Crippen LogP contribution in [0.25, 0.3) is 0 Å². The van der Waals surface area contributed by atoms with Crippen LogP contribution in [0.4, 0.5) is 18.9 Å². The standard InChI is InChI=1S/C17H21F3N2O7/c1-4-28-15(23)6-5-7-29-14-9-12(22(25)26)11(8-13(14)27-3)10(2)21-16(24)17(18,19)20/h8-10H,4-7H2,1-3H3,(H,21,24)/t10-/m0/s1. The summed E-state index contributed by atoms with van der Waals surface area (Å²) in [6.45, 7) is 3.10. The van der Waals surface area contributed by atoms with Gasteiger partial charge in [0.05, 0.1) is 42.9 Å². The minimum absolute atomic E-state index is 0.0199. The molecule has 12 heteroatoms. The van der Waals surface area contributed by atoms with E-state index in [9.17, 15) is 32.9 Å². The van der Waals surface area contributed by atoms with Gasteiger partial charge in [0.15, 0.2) is 11.5 Å². The fourth-order valence-corrected chi connectivity index (χ4v) is 2.33. The summed E-state index contributed by atoms with van der Waals surface area (Å²) in [6, 6.07) is 0.797. The van der Waals surface area contributed by atoms with E-state index in [0.29, 0.717) is 0 Å². The van der Waals surface area contributed by atoms with Crippen molar-refractivity contribution in [2.75, 3.05) is 20.3 Å². The molecule has 1 aromatic rings. The van der Waals surface area contributed by atoms with Crippen molar-refractivity contribution in [1.82, 2.24) is 5.32 Å². The van der Waals surface area contributed by atoms with Gasteiger partial charge >= 0.3 is 18.1 Å². The summed E-state index contributed by atoms with van der Waals surface area (Å²) >= 11 is 0. The number of methoxy groups -OCH3 is 1. The monoisotopic (exact) mass is 422 g/mol. The molecule has 9 nitrogen and oxygen atoms in total. The van der Waals surface area contributed by atoms with E-state index in [1.807, 2.05) is 0 Å². The molecule has 1 aromatic carbocycles. The Kier molecular flexibility index (Phi) is 8.67. The Morgan fingerprint density at radius 3 is 2.45 bits per heavy atom. The third-order valence-corrected chi connectivity index (χ3v) is 3.67. The first-order valence-electron chi connectivity index (χ1n) is 8.53. The number of hydrogen-bond acceptors (Lipinski definition) is 7. The molecule has 0 radical (unpaired) electrons. The maximum atomic E-state index is 12.4. The van der Waals surface area contributed by atoms with Crippen LogP contribution in [-0.2, 0) is 14.3 Å². The lowest BCUT2D eigenvalue weighted by atomic mass is 10.0. The number of nitrogens with zero attached hydrogens (tertiary/aromatic N) is 1. The van der Waals surface area contributed by atoms with Gasteiger partial charge in [-0.15, -0.1) is 0 Å². The fraction of sp³-hybridized carbons (Fsp3) is 0.529. The van der Waals surface area contributed by atoms with E-state index in [0.717, 1.165) is 12.1 Å². The summed E-state index contributed by atoms with van der Waals surface area (Å²) < 4.78 is 52.6. The average molecular weight is 422 g/mol. The van der Waals surface area contributed by atoms with Gasteiger partial charge in [-0.3, -0.25) is 19.7 Å². The van der Waals surface area contributed by atoms with E-state index >= 15 is 0 Å². The molecule has 1 atom stereocenters. The molecule has 1 rings (SSSR count). The van der Waals surface area contributed by atoms with E-state index in [1.54, 1.807) is 12.2 Å². The van der Waals surface area contributed by atoms with Crippen molar-refractivity contribution in [3.8, 4) is 11.5 Å². The minimum atomic E-state index is -5.13. The van der Waals surface area contributed by atoms with E-state index in [1.165, 1.54) is 14.0 Å². The highest BCUT2D eigenvalue weighted by Crippen LogP contribution is 2.37. The van der Waals surface area contributed by atoms with Gasteiger partial charge < -0.3 is 19.5 Å². The summed E-state index contributed by atoms with van der Waals surface area (Å²) in [5.74, 6) is -2.65. The van der Waals surface area contributed by atoms with Crippen molar-refractivity contribution >= 4 is 17.6 Å². The van der Waals surface area contributed by atoms with Crippen LogP contribution in [0.5, 0.6) is 11.5 Å². The topological polar surface area (TPSA) is 117 Å². The Bertz CT molecular complexity index is 753. The number of esters is 1. The van der Waals surface area contributed by atoms with E-state index in [2.05, 4.69) is 0 Å². The fourth-order valence-electron chi connectivity index (χ4n) is 2.33. The SMILES string of the molecule is CCOC(=O)CCCOc1cc([N+](=O)[O-])c([C@H](C)NC(=O)C(F)(F)F)cc1OC. The molecule has 0 aliphatic carbocycles. The number of nitrogens with one attached hydrogen (secondary N) is 1. The van der Waals surface area contributed by atoms with Crippen LogP contribution in [0.15, 0.2) is 12.1 Å². The molecule has 1 N–H and O–H groups in total. The number of ether oxygens (including phenoxy) is 3. The molecule has 0 bridgehead atoms. The molecule has 1 amide bonds. The van der Waals surface area contributed by atoms with Gasteiger partial charge in [0, 0.05) is 6.42 Å². The summed E-state index contributed by atoms with van der Waals surface area (Å²) in [6.07, 6.45) is -4.78. The Morgan fingerprint density at radius 1 is 1.28 bits per heavy atom. The zero-order valence-corrected chi connectivity index (χ0v) is 16.0. The van der Waals surface area contributed by atoms with Crippen LogP contribution in [-0.4, -0.2) is 43.3 Å². The van der Waals surface area contributed by atoms with Crippen LogP contribution in [0.3, 0.4) is 0 Å². The van der Waals surface area contributed by atoms with Crippen LogP contribution in [0, 0.1) is 10.1 Å². The molecular formula is C17H21F3N2O7. The number of carbonyl (C=O) groups excluding carboxylic acids is 2. The molecule has 0 saturated heterocycles. The number of nitro groups is 1. The van der Waals surface area contributed by atoms with Crippen molar-refractivity contribution in [1.29, 1.82) is 0 Å². The molecule has 0 aromatic heterocycles. The first-order chi connectivity index (χ1) is 13.5. The summed E-state index contributed by atoms with van der Waals surface area (Å²) in [4.78, 5) is 33.0. The van der Waals surface area contributed by atoms with Gasteiger partial charge in [-0.1, -0.05) is 0 Å². The molecule has 0 heterocycles. The zero-order valence-electron chi connectivity index (χ0n) is 16.0. The van der Waals surface area contributed by atoms with Gasteiger partial charge in [0.1, 0.15) is 0 Å². The Balaban J connectivity index is 3.02. The van der Waals surface area contributed by atoms with E-state index < -0.39 is 34.7 Å². The Hall–Kier alpha value is -3.05. The maximum absolute atomic E-state index is 12.4. The Morgan fingerprint density at radius 2 is 1.93 bits per heavy atom. The quantitative estimate of drug-likeness (QED) is 0.267. The third kappa shape index (κ3) is 7.12. The summed E-state index contributed by atoms with van der Waals surface area (Å²) in [5.41, 5.74) is -0.746. The van der Waals surface area contributed by atoms with Gasteiger partial charge in [0.2, 0.25) is 0 Å². The first-order valence-corrected chi connectivity index (χ1v) is 8.53. The average Bonchev–Trinajstić information content (AvgIpc) is 2.63. The zero-order chi connectivity index (χ0) is 22.2. The molecule has 162 valence electrons. The number of rotatable bonds is 10. The third-order valence-electron chi connectivity index (χ3n) is 3.67. The van der Waals surface area contributed by atoms with Gasteiger partial charge in [-0.2, -0.15) is 13.2 Å². The number of hydrogen-bond donors (Lipinski definition) is 1. The molecular weight excluding hydrogens is 401 g/mol. The van der Waals surface area contributed by atoms with E-state index in [-0.39, 0.29) is 43.1 Å². The normalized spacial score (nSPS) is 12.1. The predicted octanol–water partition coefficient (Wildman–Crippen LogP) is 3.07. The first kappa shape index (κ1) is 24.0. The lowest BCUT2D eigenvalue weighted by Gasteiger charge is -2.18. The molecule has 0 saturated carbocycles. The number of halogens is 3. The second-order valence-electron chi connectivity index (χ2n) is 5.77. The van der Waals surface area contributed by atoms with E-state index in [4.69, 9.17) is 14.2 Å². The smallest absolute Gasteiger partial charge is 0.471 e. The molecule has 29 heavy (non-hydrogen) atoms. The lowest BCUT2D eigenvalue weighted by molar-refractivity contribution is -0.385. The largest absolute Gasteiger partial charge is 0.493 e. The van der Waals surface area contributed by atoms with Crippen LogP contribution in [0.2, 0.25) is 0 Å². The lowest BCUT2D eigenvalue weighted by Crippen LogP contribution is -2.38. The van der Waals surface area contributed by atoms with Gasteiger partial charge in [-0.05, 0) is 26.3 Å². The Labute approximate surface area is 164 Å². The number of amides is 1. The van der Waals surface area contributed by atoms with Crippen molar-refractivity contribution in [3.63, 3.8) is 0 Å². The van der Waals surface area contributed by atoms with Gasteiger partial charge in [-0.25, -0.2) is 0 Å². The van der Waals surface area contributed by atoms with Crippen molar-refractivity contribution < 1.29 is 41.9 Å². The van der Waals surface area contributed by atoms with Crippen molar-refractivity contribution in [2.24, 2.45) is 0 Å². The summed E-state index contributed by atoms with van der Waals surface area (Å²) in [7, 11) is 1.25. The predicted molar refractivity (Wildman–Crippen MR) is 93.6 cm³/mol. The molecule has 0 aliphatic heterocycles. The summed E-state index contributed by atoms with van der Waals surface area (Å²) in [5, 5.41) is 13.0. The molecule has 0 unspecified atom stereocenters. The minimum Gasteiger partial charge on any atom is -0.493 e. The molecule has 0 fully saturated rings. The second kappa shape index (κ2) is 10.5. The maximum Gasteiger partial charge on any atom is 0.471 e. The van der Waals surface area contributed by atoms with Crippen LogP contribution >= 0.6 is 0 Å². The number of carbonyl (C=O) groups is 2. The highest BCUT2D eigenvalue weighted by Gasteiger charge is 2.40. The number of nitro benzene ring substituents is 1. The van der Waals surface area contributed by atoms with Crippen LogP contribution in [0.1, 0.15) is 38.3 Å². The highest BCUT2D eigenvalue weighted by molar-refractivity contribution is 5.82. The highest BCUT2D eigenvalue weighted by atomic mass is 19.4. The number of benzene rings is 1. The van der Waals surface area contributed by atoms with Crippen molar-refractivity contribution in [3.05, 3.63) is 27.8 Å². The van der Waals surface area contributed by atoms with Crippen molar-refractivity contribution in [2.45, 2.75) is 38.9 Å². The number of alkyl halides is 3. The second-order valence-corrected chi connectivity index (χ2v) is 5.77. The molecule has 0 aliphatic rings. The van der Waals surface area contributed by atoms with Crippen LogP contribution < -0.4 is 14.8 Å².